The predicted octanol–water partition coefficient (Wildman–Crippen LogP) is 1.80. The number of nitriles is 1. The number of rotatable bonds is 1. The number of fused-ring (bicyclic) bond motifs is 1. The molecular formula is C11H6N2O2. The van der Waals surface area contributed by atoms with E-state index in [-0.39, 0.29) is 5.69 Å². The molecule has 15 heavy (non-hydrogen) atoms. The number of hydrogen-bond donors (Lipinski definition) is 1. The van der Waals surface area contributed by atoms with Crippen molar-refractivity contribution in [2.24, 2.45) is 0 Å². The van der Waals surface area contributed by atoms with Gasteiger partial charge in [0.15, 0.2) is 0 Å². The van der Waals surface area contributed by atoms with Crippen molar-refractivity contribution in [1.82, 2.24) is 4.98 Å². The Kier molecular flexibility index (Phi) is 2.07. The summed E-state index contributed by atoms with van der Waals surface area (Å²) in [6.07, 6.45) is 1.46. The molecule has 2 aromatic rings. The highest BCUT2D eigenvalue weighted by Gasteiger charge is 2.05. The molecule has 1 aromatic heterocycles. The molecule has 0 saturated heterocycles. The Morgan fingerprint density at radius 3 is 2.80 bits per heavy atom. The van der Waals surface area contributed by atoms with Crippen LogP contribution in [0.1, 0.15) is 16.1 Å². The number of pyridine rings is 1. The van der Waals surface area contributed by atoms with E-state index in [1.807, 2.05) is 6.07 Å². The molecule has 0 aliphatic rings. The van der Waals surface area contributed by atoms with Crippen LogP contribution in [-0.2, 0) is 0 Å². The average Bonchev–Trinajstić information content (AvgIpc) is 2.27. The Morgan fingerprint density at radius 1 is 1.33 bits per heavy atom. The second-order valence-electron chi connectivity index (χ2n) is 3.05. The molecule has 0 unspecified atom stereocenters. The summed E-state index contributed by atoms with van der Waals surface area (Å²) in [6.45, 7) is 0. The van der Waals surface area contributed by atoms with Gasteiger partial charge in [0.1, 0.15) is 5.69 Å². The van der Waals surface area contributed by atoms with Crippen molar-refractivity contribution in [2.45, 2.75) is 0 Å². The first-order valence-electron chi connectivity index (χ1n) is 4.24. The number of carbonyl (C=O) groups is 1. The van der Waals surface area contributed by atoms with E-state index in [2.05, 4.69) is 4.98 Å². The van der Waals surface area contributed by atoms with Gasteiger partial charge in [0.2, 0.25) is 0 Å². The summed E-state index contributed by atoms with van der Waals surface area (Å²) >= 11 is 0. The van der Waals surface area contributed by atoms with Crippen LogP contribution < -0.4 is 0 Å². The lowest BCUT2D eigenvalue weighted by Gasteiger charge is -1.99. The van der Waals surface area contributed by atoms with Crippen molar-refractivity contribution in [3.63, 3.8) is 0 Å². The number of hydrogen-bond acceptors (Lipinski definition) is 3. The maximum absolute atomic E-state index is 10.7. The van der Waals surface area contributed by atoms with E-state index >= 15 is 0 Å². The highest BCUT2D eigenvalue weighted by Crippen LogP contribution is 2.15. The summed E-state index contributed by atoms with van der Waals surface area (Å²) in [4.78, 5) is 14.4. The number of nitrogens with zero attached hydrogens (tertiary/aromatic N) is 2. The summed E-state index contributed by atoms with van der Waals surface area (Å²) < 4.78 is 0. The number of aromatic carboxylic acids is 1. The van der Waals surface area contributed by atoms with Crippen LogP contribution >= 0.6 is 0 Å². The summed E-state index contributed by atoms with van der Waals surface area (Å²) in [7, 11) is 0. The lowest BCUT2D eigenvalue weighted by atomic mass is 10.1. The van der Waals surface area contributed by atoms with Crippen molar-refractivity contribution in [1.29, 1.82) is 5.26 Å². The molecule has 0 aliphatic heterocycles. The SMILES string of the molecule is N#Cc1ccc2cc(C(=O)O)ncc2c1. The van der Waals surface area contributed by atoms with Gasteiger partial charge in [0.25, 0.3) is 0 Å². The molecule has 72 valence electrons. The van der Waals surface area contributed by atoms with Crippen LogP contribution in [0.25, 0.3) is 10.8 Å². The molecule has 0 spiro atoms. The maximum Gasteiger partial charge on any atom is 0.354 e. The van der Waals surface area contributed by atoms with E-state index in [1.54, 1.807) is 18.2 Å². The third-order valence-electron chi connectivity index (χ3n) is 2.07. The summed E-state index contributed by atoms with van der Waals surface area (Å²) in [5, 5.41) is 18.9. The Morgan fingerprint density at radius 2 is 2.13 bits per heavy atom. The minimum absolute atomic E-state index is 0.00667. The molecular weight excluding hydrogens is 192 g/mol. The van der Waals surface area contributed by atoms with E-state index < -0.39 is 5.97 Å². The molecule has 2 rings (SSSR count). The molecule has 0 atom stereocenters. The van der Waals surface area contributed by atoms with Crippen LogP contribution in [-0.4, -0.2) is 16.1 Å². The Hall–Kier alpha value is -2.41. The first-order valence-corrected chi connectivity index (χ1v) is 4.24. The number of aromatic nitrogens is 1. The topological polar surface area (TPSA) is 74.0 Å². The summed E-state index contributed by atoms with van der Waals surface area (Å²) in [5.41, 5.74) is 0.541. The maximum atomic E-state index is 10.7. The molecule has 0 amide bonds. The van der Waals surface area contributed by atoms with Gasteiger partial charge in [0.05, 0.1) is 11.6 Å². The van der Waals surface area contributed by atoms with Crippen molar-refractivity contribution in [2.75, 3.05) is 0 Å². The van der Waals surface area contributed by atoms with Gasteiger partial charge in [0, 0.05) is 11.6 Å². The van der Waals surface area contributed by atoms with Gasteiger partial charge in [-0.3, -0.25) is 0 Å². The van der Waals surface area contributed by atoms with Crippen LogP contribution in [0.3, 0.4) is 0 Å². The van der Waals surface area contributed by atoms with Gasteiger partial charge in [-0.25, -0.2) is 9.78 Å². The smallest absolute Gasteiger partial charge is 0.354 e. The van der Waals surface area contributed by atoms with Crippen LogP contribution in [0.5, 0.6) is 0 Å². The largest absolute Gasteiger partial charge is 0.477 e. The fourth-order valence-electron chi connectivity index (χ4n) is 1.33. The van der Waals surface area contributed by atoms with Crippen molar-refractivity contribution >= 4 is 16.7 Å². The van der Waals surface area contributed by atoms with Crippen LogP contribution in [0, 0.1) is 11.3 Å². The van der Waals surface area contributed by atoms with E-state index in [0.717, 1.165) is 10.8 Å². The normalized spacial score (nSPS) is 9.80. The zero-order chi connectivity index (χ0) is 10.8. The molecule has 0 radical (unpaired) electrons. The molecule has 0 fully saturated rings. The molecule has 4 heteroatoms. The van der Waals surface area contributed by atoms with Gasteiger partial charge < -0.3 is 5.11 Å². The van der Waals surface area contributed by atoms with Gasteiger partial charge >= 0.3 is 5.97 Å². The van der Waals surface area contributed by atoms with Gasteiger partial charge in [-0.15, -0.1) is 0 Å². The standard InChI is InChI=1S/C11H6N2O2/c12-5-7-1-2-8-4-10(11(14)15)13-6-9(8)3-7/h1-4,6H,(H,14,15). The van der Waals surface area contributed by atoms with Gasteiger partial charge in [-0.1, -0.05) is 6.07 Å². The van der Waals surface area contributed by atoms with E-state index in [4.69, 9.17) is 10.4 Å². The Labute approximate surface area is 85.4 Å². The fraction of sp³-hybridized carbons (Fsp3) is 0. The quantitative estimate of drug-likeness (QED) is 0.758. The van der Waals surface area contributed by atoms with Crippen LogP contribution in [0.4, 0.5) is 0 Å². The number of benzene rings is 1. The fourth-order valence-corrected chi connectivity index (χ4v) is 1.33. The second kappa shape index (κ2) is 3.39. The summed E-state index contributed by atoms with van der Waals surface area (Å²) in [6, 6.07) is 8.53. The Bertz CT molecular complexity index is 585. The molecule has 1 aromatic carbocycles. The second-order valence-corrected chi connectivity index (χ2v) is 3.05. The third-order valence-corrected chi connectivity index (χ3v) is 2.07. The number of carboxylic acid groups (broad SMARTS) is 1. The number of carboxylic acids is 1. The molecule has 0 aliphatic carbocycles. The van der Waals surface area contributed by atoms with Gasteiger partial charge in [-0.05, 0) is 23.6 Å². The zero-order valence-electron chi connectivity index (χ0n) is 7.64. The van der Waals surface area contributed by atoms with Gasteiger partial charge in [-0.2, -0.15) is 5.26 Å². The minimum atomic E-state index is -1.05. The molecule has 4 nitrogen and oxygen atoms in total. The van der Waals surface area contributed by atoms with E-state index in [9.17, 15) is 4.79 Å². The minimum Gasteiger partial charge on any atom is -0.477 e. The van der Waals surface area contributed by atoms with Crippen LogP contribution in [0.2, 0.25) is 0 Å². The first kappa shape index (κ1) is 9.16. The molecule has 0 saturated carbocycles. The average molecular weight is 198 g/mol. The molecule has 1 heterocycles. The predicted molar refractivity (Wildman–Crippen MR) is 53.4 cm³/mol. The lowest BCUT2D eigenvalue weighted by molar-refractivity contribution is 0.0691. The highest BCUT2D eigenvalue weighted by molar-refractivity contribution is 5.92. The van der Waals surface area contributed by atoms with E-state index in [0.29, 0.717) is 5.56 Å². The first-order chi connectivity index (χ1) is 7.20. The third kappa shape index (κ3) is 1.63. The zero-order valence-corrected chi connectivity index (χ0v) is 7.64. The van der Waals surface area contributed by atoms with Crippen molar-refractivity contribution < 1.29 is 9.90 Å². The molecule has 1 N–H and O–H groups in total. The van der Waals surface area contributed by atoms with Crippen LogP contribution in [0.15, 0.2) is 30.5 Å². The molecule has 0 bridgehead atoms. The monoisotopic (exact) mass is 198 g/mol. The Balaban J connectivity index is 2.66. The van der Waals surface area contributed by atoms with Crippen molar-refractivity contribution in [3.8, 4) is 6.07 Å². The van der Waals surface area contributed by atoms with Crippen molar-refractivity contribution in [3.05, 3.63) is 41.7 Å². The lowest BCUT2D eigenvalue weighted by Crippen LogP contribution is -1.99. The van der Waals surface area contributed by atoms with E-state index in [1.165, 1.54) is 12.3 Å². The summed E-state index contributed by atoms with van der Waals surface area (Å²) in [5.74, 6) is -1.05. The highest BCUT2D eigenvalue weighted by atomic mass is 16.4.